The van der Waals surface area contributed by atoms with Gasteiger partial charge in [0.05, 0.1) is 0 Å². The van der Waals surface area contributed by atoms with Crippen LogP contribution in [0, 0.1) is 0 Å². The average molecular weight is 218 g/mol. The number of hydrogen-bond acceptors (Lipinski definition) is 1. The van der Waals surface area contributed by atoms with Gasteiger partial charge in [-0.2, -0.15) is 0 Å². The highest BCUT2D eigenvalue weighted by Gasteiger charge is 2.11. The summed E-state index contributed by atoms with van der Waals surface area (Å²) >= 11 is 0. The quantitative estimate of drug-likeness (QED) is 0.708. The smallest absolute Gasteiger partial charge is 0.100 e. The Bertz CT molecular complexity index is 313. The Labute approximate surface area is 98.8 Å². The molecule has 0 spiro atoms. The van der Waals surface area contributed by atoms with Gasteiger partial charge in [0.2, 0.25) is 0 Å². The highest BCUT2D eigenvalue weighted by atomic mass is 16.3. The van der Waals surface area contributed by atoms with Gasteiger partial charge >= 0.3 is 0 Å². The van der Waals surface area contributed by atoms with Crippen LogP contribution in [-0.2, 0) is 0 Å². The molecule has 0 aliphatic rings. The second kappa shape index (κ2) is 7.24. The second-order valence-corrected chi connectivity index (χ2v) is 4.13. The van der Waals surface area contributed by atoms with Gasteiger partial charge in [-0.05, 0) is 24.0 Å². The summed E-state index contributed by atoms with van der Waals surface area (Å²) in [5.74, 6) is 0. The van der Waals surface area contributed by atoms with Gasteiger partial charge in [0, 0.05) is 0 Å². The third-order valence-electron chi connectivity index (χ3n) is 2.70. The van der Waals surface area contributed by atoms with Gasteiger partial charge in [-0.1, -0.05) is 63.1 Å². The molecule has 0 aromatic heterocycles. The lowest BCUT2D eigenvalue weighted by Gasteiger charge is -2.15. The van der Waals surface area contributed by atoms with Crippen molar-refractivity contribution in [3.8, 4) is 0 Å². The van der Waals surface area contributed by atoms with Crippen molar-refractivity contribution in [3.63, 3.8) is 0 Å². The Hall–Kier alpha value is -1.08. The summed E-state index contributed by atoms with van der Waals surface area (Å²) in [7, 11) is 0. The van der Waals surface area contributed by atoms with Gasteiger partial charge < -0.3 is 5.11 Å². The SMILES string of the molecule is CCCC=C(CCC)C(O)c1ccccc1. The third kappa shape index (κ3) is 3.82. The van der Waals surface area contributed by atoms with E-state index >= 15 is 0 Å². The molecule has 1 aromatic rings. The Kier molecular flexibility index (Phi) is 5.87. The van der Waals surface area contributed by atoms with Crippen molar-refractivity contribution in [2.45, 2.75) is 45.6 Å². The lowest BCUT2D eigenvalue weighted by atomic mass is 9.97. The maximum atomic E-state index is 10.3. The third-order valence-corrected chi connectivity index (χ3v) is 2.70. The highest BCUT2D eigenvalue weighted by molar-refractivity contribution is 5.25. The van der Waals surface area contributed by atoms with Crippen molar-refractivity contribution >= 4 is 0 Å². The number of benzene rings is 1. The molecule has 0 heterocycles. The molecule has 0 aliphatic carbocycles. The molecule has 0 amide bonds. The number of aliphatic hydroxyl groups is 1. The normalized spacial score (nSPS) is 13.8. The van der Waals surface area contributed by atoms with E-state index in [0.29, 0.717) is 0 Å². The van der Waals surface area contributed by atoms with Crippen molar-refractivity contribution in [1.29, 1.82) is 0 Å². The predicted octanol–water partition coefficient (Wildman–Crippen LogP) is 4.25. The van der Waals surface area contributed by atoms with Crippen LogP contribution in [0.1, 0.15) is 51.2 Å². The fourth-order valence-corrected chi connectivity index (χ4v) is 1.82. The molecule has 0 aliphatic heterocycles. The van der Waals surface area contributed by atoms with E-state index in [4.69, 9.17) is 0 Å². The van der Waals surface area contributed by atoms with Crippen LogP contribution in [0.2, 0.25) is 0 Å². The molecule has 1 N–H and O–H groups in total. The monoisotopic (exact) mass is 218 g/mol. The van der Waals surface area contributed by atoms with E-state index in [-0.39, 0.29) is 0 Å². The summed E-state index contributed by atoms with van der Waals surface area (Å²) in [5.41, 5.74) is 2.16. The summed E-state index contributed by atoms with van der Waals surface area (Å²) in [6, 6.07) is 9.90. The van der Waals surface area contributed by atoms with Crippen molar-refractivity contribution in [2.24, 2.45) is 0 Å². The number of hydrogen-bond donors (Lipinski definition) is 1. The molecular weight excluding hydrogens is 196 g/mol. The van der Waals surface area contributed by atoms with Crippen molar-refractivity contribution in [1.82, 2.24) is 0 Å². The molecule has 1 rings (SSSR count). The van der Waals surface area contributed by atoms with Crippen molar-refractivity contribution < 1.29 is 5.11 Å². The van der Waals surface area contributed by atoms with Crippen LogP contribution in [0.15, 0.2) is 42.0 Å². The molecule has 1 aromatic carbocycles. The standard InChI is InChI=1S/C15H22O/c1-3-5-10-13(9-4-2)15(16)14-11-7-6-8-12-14/h6-8,10-12,15-16H,3-5,9H2,1-2H3. The maximum absolute atomic E-state index is 10.3. The number of rotatable bonds is 6. The summed E-state index contributed by atoms with van der Waals surface area (Å²) in [5, 5.41) is 10.3. The van der Waals surface area contributed by atoms with Gasteiger partial charge in [0.15, 0.2) is 0 Å². The van der Waals surface area contributed by atoms with Gasteiger partial charge in [-0.25, -0.2) is 0 Å². The average Bonchev–Trinajstić information content (AvgIpc) is 2.35. The first-order chi connectivity index (χ1) is 7.79. The Morgan fingerprint density at radius 2 is 1.88 bits per heavy atom. The van der Waals surface area contributed by atoms with E-state index in [1.807, 2.05) is 30.3 Å². The van der Waals surface area contributed by atoms with E-state index in [0.717, 1.165) is 36.8 Å². The zero-order chi connectivity index (χ0) is 11.8. The zero-order valence-electron chi connectivity index (χ0n) is 10.3. The van der Waals surface area contributed by atoms with Crippen LogP contribution in [0.4, 0.5) is 0 Å². The molecular formula is C15H22O. The highest BCUT2D eigenvalue weighted by Crippen LogP contribution is 2.25. The number of aliphatic hydroxyl groups excluding tert-OH is 1. The summed E-state index contributed by atoms with van der Waals surface area (Å²) in [4.78, 5) is 0. The van der Waals surface area contributed by atoms with E-state index in [9.17, 15) is 5.11 Å². The Morgan fingerprint density at radius 3 is 2.44 bits per heavy atom. The molecule has 0 radical (unpaired) electrons. The van der Waals surface area contributed by atoms with E-state index in [2.05, 4.69) is 19.9 Å². The van der Waals surface area contributed by atoms with E-state index in [1.165, 1.54) is 0 Å². The Morgan fingerprint density at radius 1 is 1.19 bits per heavy atom. The van der Waals surface area contributed by atoms with Crippen LogP contribution in [0.25, 0.3) is 0 Å². The number of allylic oxidation sites excluding steroid dienone is 1. The molecule has 1 heteroatoms. The molecule has 88 valence electrons. The van der Waals surface area contributed by atoms with Gasteiger partial charge in [0.25, 0.3) is 0 Å². The molecule has 16 heavy (non-hydrogen) atoms. The number of unbranched alkanes of at least 4 members (excludes halogenated alkanes) is 1. The summed E-state index contributed by atoms with van der Waals surface area (Å²) in [6.45, 7) is 4.31. The lowest BCUT2D eigenvalue weighted by molar-refractivity contribution is 0.210. The summed E-state index contributed by atoms with van der Waals surface area (Å²) < 4.78 is 0. The topological polar surface area (TPSA) is 20.2 Å². The van der Waals surface area contributed by atoms with Crippen LogP contribution in [0.3, 0.4) is 0 Å². The van der Waals surface area contributed by atoms with Crippen LogP contribution < -0.4 is 0 Å². The maximum Gasteiger partial charge on any atom is 0.100 e. The minimum atomic E-state index is -0.423. The molecule has 1 atom stereocenters. The second-order valence-electron chi connectivity index (χ2n) is 4.13. The molecule has 1 nitrogen and oxygen atoms in total. The van der Waals surface area contributed by atoms with Gasteiger partial charge in [-0.15, -0.1) is 0 Å². The van der Waals surface area contributed by atoms with Crippen molar-refractivity contribution in [2.75, 3.05) is 0 Å². The largest absolute Gasteiger partial charge is 0.384 e. The molecule has 1 unspecified atom stereocenters. The minimum absolute atomic E-state index is 0.423. The van der Waals surface area contributed by atoms with E-state index < -0.39 is 6.10 Å². The fourth-order valence-electron chi connectivity index (χ4n) is 1.82. The first-order valence-corrected chi connectivity index (χ1v) is 6.21. The molecule has 0 fully saturated rings. The molecule has 0 bridgehead atoms. The van der Waals surface area contributed by atoms with Gasteiger partial charge in [0.1, 0.15) is 6.10 Å². The van der Waals surface area contributed by atoms with Crippen molar-refractivity contribution in [3.05, 3.63) is 47.5 Å². The van der Waals surface area contributed by atoms with E-state index in [1.54, 1.807) is 0 Å². The first-order valence-electron chi connectivity index (χ1n) is 6.21. The zero-order valence-corrected chi connectivity index (χ0v) is 10.3. The Balaban J connectivity index is 2.78. The first kappa shape index (κ1) is 13.0. The fraction of sp³-hybridized carbons (Fsp3) is 0.467. The molecule has 0 saturated heterocycles. The van der Waals surface area contributed by atoms with Gasteiger partial charge in [-0.3, -0.25) is 0 Å². The summed E-state index contributed by atoms with van der Waals surface area (Å²) in [6.07, 6.45) is 6.03. The van der Waals surface area contributed by atoms with Crippen LogP contribution in [-0.4, -0.2) is 5.11 Å². The van der Waals surface area contributed by atoms with Crippen LogP contribution >= 0.6 is 0 Å². The van der Waals surface area contributed by atoms with Crippen LogP contribution in [0.5, 0.6) is 0 Å². The predicted molar refractivity (Wildman–Crippen MR) is 69.3 cm³/mol. The minimum Gasteiger partial charge on any atom is -0.384 e. The lowest BCUT2D eigenvalue weighted by Crippen LogP contribution is -2.01. The molecule has 0 saturated carbocycles.